The van der Waals surface area contributed by atoms with E-state index in [2.05, 4.69) is 46.7 Å². The van der Waals surface area contributed by atoms with Gasteiger partial charge in [0.05, 0.1) is 5.69 Å². The summed E-state index contributed by atoms with van der Waals surface area (Å²) in [5, 5.41) is 11.1. The van der Waals surface area contributed by atoms with Crippen molar-refractivity contribution in [3.63, 3.8) is 0 Å². The molecule has 0 atom stereocenters. The Morgan fingerprint density at radius 3 is 2.74 bits per heavy atom. The Kier molecular flexibility index (Phi) is 3.29. The highest BCUT2D eigenvalue weighted by Crippen LogP contribution is 2.18. The first-order valence-corrected chi connectivity index (χ1v) is 6.87. The van der Waals surface area contributed by atoms with Crippen molar-refractivity contribution >= 4 is 17.0 Å². The minimum atomic E-state index is 0.851. The molecule has 3 rings (SSSR count). The van der Waals surface area contributed by atoms with Crippen molar-refractivity contribution < 1.29 is 0 Å². The molecule has 0 fully saturated rings. The van der Waals surface area contributed by atoms with Crippen molar-refractivity contribution in [2.24, 2.45) is 0 Å². The lowest BCUT2D eigenvalue weighted by Gasteiger charge is -2.07. The summed E-state index contributed by atoms with van der Waals surface area (Å²) in [5.41, 5.74) is 2.15. The molecule has 2 heterocycles. The lowest BCUT2D eigenvalue weighted by atomic mass is 10.2. The van der Waals surface area contributed by atoms with Crippen LogP contribution in [-0.2, 0) is 6.54 Å². The van der Waals surface area contributed by atoms with E-state index in [1.165, 1.54) is 9.75 Å². The molecule has 96 valence electrons. The molecule has 4 nitrogen and oxygen atoms in total. The van der Waals surface area contributed by atoms with Crippen LogP contribution in [0.3, 0.4) is 0 Å². The Morgan fingerprint density at radius 2 is 2.00 bits per heavy atom. The molecule has 5 heteroatoms. The van der Waals surface area contributed by atoms with Gasteiger partial charge in [-0.05, 0) is 37.3 Å². The molecule has 0 spiro atoms. The van der Waals surface area contributed by atoms with Crippen LogP contribution < -0.4 is 5.32 Å². The van der Waals surface area contributed by atoms with E-state index in [-0.39, 0.29) is 0 Å². The number of rotatable bonds is 4. The third-order valence-corrected chi connectivity index (χ3v) is 3.83. The maximum atomic E-state index is 3.82. The summed E-state index contributed by atoms with van der Waals surface area (Å²) in [5.74, 6) is 0. The van der Waals surface area contributed by atoms with Crippen LogP contribution in [0, 0.1) is 6.92 Å². The van der Waals surface area contributed by atoms with Crippen LogP contribution in [0.2, 0.25) is 0 Å². The zero-order valence-electron chi connectivity index (χ0n) is 10.6. The molecule has 1 aromatic carbocycles. The molecule has 0 aliphatic rings. The molecular formula is C14H14N4S. The van der Waals surface area contributed by atoms with Crippen LogP contribution in [0.25, 0.3) is 5.69 Å². The Hall–Kier alpha value is -2.14. The Labute approximate surface area is 115 Å². The lowest BCUT2D eigenvalue weighted by Crippen LogP contribution is -1.98. The molecule has 3 aromatic rings. The van der Waals surface area contributed by atoms with Crippen molar-refractivity contribution in [2.75, 3.05) is 5.32 Å². The second kappa shape index (κ2) is 5.24. The number of aryl methyl sites for hydroxylation is 1. The molecule has 0 radical (unpaired) electrons. The van der Waals surface area contributed by atoms with Gasteiger partial charge < -0.3 is 5.32 Å². The Bertz CT molecular complexity index is 658. The molecule has 0 aliphatic carbocycles. The fourth-order valence-electron chi connectivity index (χ4n) is 1.88. The predicted octanol–water partition coefficient (Wildman–Crippen LogP) is 3.25. The summed E-state index contributed by atoms with van der Waals surface area (Å²) in [4.78, 5) is 2.68. The SMILES string of the molecule is Cc1ccc(CNc2cccc(-n3cnnc3)c2)s1. The molecule has 19 heavy (non-hydrogen) atoms. The van der Waals surface area contributed by atoms with Crippen molar-refractivity contribution in [3.05, 3.63) is 58.8 Å². The Morgan fingerprint density at radius 1 is 1.16 bits per heavy atom. The zero-order chi connectivity index (χ0) is 13.1. The lowest BCUT2D eigenvalue weighted by molar-refractivity contribution is 1.05. The number of hydrogen-bond donors (Lipinski definition) is 1. The smallest absolute Gasteiger partial charge is 0.123 e. The molecule has 0 aliphatic heterocycles. The third kappa shape index (κ3) is 2.82. The molecule has 0 bridgehead atoms. The van der Waals surface area contributed by atoms with E-state index in [1.54, 1.807) is 12.7 Å². The highest BCUT2D eigenvalue weighted by Gasteiger charge is 2.00. The second-order valence-electron chi connectivity index (χ2n) is 4.29. The summed E-state index contributed by atoms with van der Waals surface area (Å²) in [6.07, 6.45) is 3.39. The van der Waals surface area contributed by atoms with Crippen LogP contribution in [0.4, 0.5) is 5.69 Å². The minimum absolute atomic E-state index is 0.851. The van der Waals surface area contributed by atoms with E-state index in [0.717, 1.165) is 17.9 Å². The molecule has 0 saturated heterocycles. The molecule has 1 N–H and O–H groups in total. The van der Waals surface area contributed by atoms with E-state index in [4.69, 9.17) is 0 Å². The number of nitrogens with zero attached hydrogens (tertiary/aromatic N) is 3. The van der Waals surface area contributed by atoms with Crippen molar-refractivity contribution in [2.45, 2.75) is 13.5 Å². The molecule has 2 aromatic heterocycles. The predicted molar refractivity (Wildman–Crippen MR) is 77.7 cm³/mol. The number of hydrogen-bond acceptors (Lipinski definition) is 4. The zero-order valence-corrected chi connectivity index (χ0v) is 11.4. The van der Waals surface area contributed by atoms with Crippen LogP contribution >= 0.6 is 11.3 Å². The van der Waals surface area contributed by atoms with Crippen molar-refractivity contribution in [1.29, 1.82) is 0 Å². The van der Waals surface area contributed by atoms with Gasteiger partial charge in [0.25, 0.3) is 0 Å². The van der Waals surface area contributed by atoms with Crippen LogP contribution in [0.15, 0.2) is 49.1 Å². The summed E-state index contributed by atoms with van der Waals surface area (Å²) in [7, 11) is 0. The van der Waals surface area contributed by atoms with Gasteiger partial charge in [0.15, 0.2) is 0 Å². The summed E-state index contributed by atoms with van der Waals surface area (Å²) < 4.78 is 1.89. The first kappa shape index (κ1) is 11.9. The number of nitrogens with one attached hydrogen (secondary N) is 1. The standard InChI is InChI=1S/C14H14N4S/c1-11-5-6-14(19-11)8-15-12-3-2-4-13(7-12)18-9-16-17-10-18/h2-7,9-10,15H,8H2,1H3. The second-order valence-corrected chi connectivity index (χ2v) is 5.66. The van der Waals surface area contributed by atoms with Crippen LogP contribution in [0.1, 0.15) is 9.75 Å². The number of anilines is 1. The summed E-state index contributed by atoms with van der Waals surface area (Å²) >= 11 is 1.82. The largest absolute Gasteiger partial charge is 0.380 e. The monoisotopic (exact) mass is 270 g/mol. The van der Waals surface area contributed by atoms with Crippen molar-refractivity contribution in [3.8, 4) is 5.69 Å². The van der Waals surface area contributed by atoms with Gasteiger partial charge in [-0.3, -0.25) is 4.57 Å². The molecule has 0 amide bonds. The maximum Gasteiger partial charge on any atom is 0.123 e. The number of thiophene rings is 1. The van der Waals surface area contributed by atoms with Gasteiger partial charge in [-0.1, -0.05) is 6.07 Å². The van der Waals surface area contributed by atoms with Gasteiger partial charge in [-0.2, -0.15) is 0 Å². The first-order chi connectivity index (χ1) is 9.31. The fraction of sp³-hybridized carbons (Fsp3) is 0.143. The number of aromatic nitrogens is 3. The average molecular weight is 270 g/mol. The summed E-state index contributed by atoms with van der Waals surface area (Å²) in [6, 6.07) is 12.5. The topological polar surface area (TPSA) is 42.7 Å². The minimum Gasteiger partial charge on any atom is -0.380 e. The van der Waals surface area contributed by atoms with E-state index in [1.807, 2.05) is 28.0 Å². The van der Waals surface area contributed by atoms with Gasteiger partial charge in [0.1, 0.15) is 12.7 Å². The Balaban J connectivity index is 1.73. The normalized spacial score (nSPS) is 10.6. The van der Waals surface area contributed by atoms with Crippen molar-refractivity contribution in [1.82, 2.24) is 14.8 Å². The molecular weight excluding hydrogens is 256 g/mol. The molecule has 0 unspecified atom stereocenters. The van der Waals surface area contributed by atoms with Gasteiger partial charge in [0, 0.05) is 22.0 Å². The fourth-order valence-corrected chi connectivity index (χ4v) is 2.71. The van der Waals surface area contributed by atoms with Crippen LogP contribution in [0.5, 0.6) is 0 Å². The van der Waals surface area contributed by atoms with Gasteiger partial charge in [0.2, 0.25) is 0 Å². The van der Waals surface area contributed by atoms with Gasteiger partial charge in [-0.15, -0.1) is 21.5 Å². The van der Waals surface area contributed by atoms with Gasteiger partial charge in [-0.25, -0.2) is 0 Å². The highest BCUT2D eigenvalue weighted by molar-refractivity contribution is 7.11. The maximum absolute atomic E-state index is 3.82. The van der Waals surface area contributed by atoms with E-state index < -0.39 is 0 Å². The third-order valence-electron chi connectivity index (χ3n) is 2.83. The van der Waals surface area contributed by atoms with Crippen LogP contribution in [-0.4, -0.2) is 14.8 Å². The summed E-state index contributed by atoms with van der Waals surface area (Å²) in [6.45, 7) is 2.98. The first-order valence-electron chi connectivity index (χ1n) is 6.05. The quantitative estimate of drug-likeness (QED) is 0.791. The molecule has 0 saturated carbocycles. The highest BCUT2D eigenvalue weighted by atomic mass is 32.1. The van der Waals surface area contributed by atoms with E-state index >= 15 is 0 Å². The van der Waals surface area contributed by atoms with E-state index in [0.29, 0.717) is 0 Å². The van der Waals surface area contributed by atoms with Gasteiger partial charge >= 0.3 is 0 Å². The number of benzene rings is 1. The van der Waals surface area contributed by atoms with E-state index in [9.17, 15) is 0 Å². The average Bonchev–Trinajstić information content (AvgIpc) is 3.08.